The molecule has 5 heteroatoms. The Balaban J connectivity index is 1.58. The standard InChI is InChI=1S/C15H28N4O/c1-17-15(14(16)20)6-2-3-13(11-15)19-9-7-18(8-10-19)12-4-5-12/h12-13,17H,2-11H2,1H3,(H2,16,20). The number of nitrogens with two attached hydrogens (primary N) is 1. The molecule has 1 amide bonds. The summed E-state index contributed by atoms with van der Waals surface area (Å²) in [5, 5.41) is 3.21. The lowest BCUT2D eigenvalue weighted by molar-refractivity contribution is -0.126. The van der Waals surface area contributed by atoms with E-state index in [1.165, 1.54) is 32.4 Å². The molecule has 1 heterocycles. The smallest absolute Gasteiger partial charge is 0.237 e. The second kappa shape index (κ2) is 5.62. The van der Waals surface area contributed by atoms with Crippen molar-refractivity contribution in [2.45, 2.75) is 56.1 Å². The minimum Gasteiger partial charge on any atom is -0.368 e. The number of nitrogens with one attached hydrogen (secondary N) is 1. The van der Waals surface area contributed by atoms with Crippen molar-refractivity contribution in [1.29, 1.82) is 0 Å². The Morgan fingerprint density at radius 2 is 1.70 bits per heavy atom. The van der Waals surface area contributed by atoms with Crippen molar-refractivity contribution in [2.75, 3.05) is 33.2 Å². The molecule has 0 aromatic carbocycles. The lowest BCUT2D eigenvalue weighted by Gasteiger charge is -2.45. The monoisotopic (exact) mass is 280 g/mol. The average Bonchev–Trinajstić information content (AvgIpc) is 3.32. The van der Waals surface area contributed by atoms with Crippen LogP contribution in [0, 0.1) is 0 Å². The van der Waals surface area contributed by atoms with Gasteiger partial charge in [-0.2, -0.15) is 0 Å². The average molecular weight is 280 g/mol. The molecule has 5 nitrogen and oxygen atoms in total. The number of piperazine rings is 1. The number of likely N-dealkylation sites (N-methyl/N-ethyl adjacent to an activating group) is 1. The van der Waals surface area contributed by atoms with Gasteiger partial charge in [-0.15, -0.1) is 0 Å². The first kappa shape index (κ1) is 14.3. The number of hydrogen-bond acceptors (Lipinski definition) is 4. The molecule has 1 saturated heterocycles. The summed E-state index contributed by atoms with van der Waals surface area (Å²) in [5.74, 6) is -0.179. The van der Waals surface area contributed by atoms with Crippen LogP contribution in [0.1, 0.15) is 38.5 Å². The number of carbonyl (C=O) groups is 1. The van der Waals surface area contributed by atoms with Crippen molar-refractivity contribution < 1.29 is 4.79 Å². The predicted octanol–water partition coefficient (Wildman–Crippen LogP) is 0.153. The summed E-state index contributed by atoms with van der Waals surface area (Å²) in [6.07, 6.45) is 6.86. The van der Waals surface area contributed by atoms with Gasteiger partial charge in [0, 0.05) is 38.3 Å². The maximum atomic E-state index is 11.8. The van der Waals surface area contributed by atoms with E-state index < -0.39 is 5.54 Å². The normalized spacial score (nSPS) is 37.0. The first-order chi connectivity index (χ1) is 9.64. The third kappa shape index (κ3) is 2.71. The Hall–Kier alpha value is -0.650. The molecule has 2 unspecified atom stereocenters. The molecule has 2 aliphatic carbocycles. The maximum Gasteiger partial charge on any atom is 0.237 e. The van der Waals surface area contributed by atoms with Crippen LogP contribution in [0.15, 0.2) is 0 Å². The Kier molecular flexibility index (Phi) is 4.02. The predicted molar refractivity (Wildman–Crippen MR) is 79.4 cm³/mol. The molecule has 0 bridgehead atoms. The third-order valence-corrected chi connectivity index (χ3v) is 5.60. The third-order valence-electron chi connectivity index (χ3n) is 5.60. The van der Waals surface area contributed by atoms with Crippen molar-refractivity contribution in [2.24, 2.45) is 5.73 Å². The molecule has 3 aliphatic rings. The minimum absolute atomic E-state index is 0.179. The van der Waals surface area contributed by atoms with Gasteiger partial charge in [0.15, 0.2) is 0 Å². The van der Waals surface area contributed by atoms with Crippen molar-refractivity contribution >= 4 is 5.91 Å². The van der Waals surface area contributed by atoms with Crippen molar-refractivity contribution in [1.82, 2.24) is 15.1 Å². The molecule has 1 aliphatic heterocycles. The molecule has 20 heavy (non-hydrogen) atoms. The number of amides is 1. The fourth-order valence-electron chi connectivity index (χ4n) is 4.04. The van der Waals surface area contributed by atoms with Crippen LogP contribution in [0.2, 0.25) is 0 Å². The molecule has 0 radical (unpaired) electrons. The number of primary amides is 1. The minimum atomic E-state index is -0.476. The highest BCUT2D eigenvalue weighted by Crippen LogP contribution is 2.33. The highest BCUT2D eigenvalue weighted by Gasteiger charge is 2.42. The molecular formula is C15H28N4O. The van der Waals surface area contributed by atoms with Gasteiger partial charge in [0.2, 0.25) is 5.91 Å². The molecule has 2 atom stereocenters. The van der Waals surface area contributed by atoms with E-state index in [-0.39, 0.29) is 5.91 Å². The largest absolute Gasteiger partial charge is 0.368 e. The van der Waals surface area contributed by atoms with Gasteiger partial charge in [0.25, 0.3) is 0 Å². The summed E-state index contributed by atoms with van der Waals surface area (Å²) in [4.78, 5) is 17.0. The van der Waals surface area contributed by atoms with E-state index in [4.69, 9.17) is 5.73 Å². The van der Waals surface area contributed by atoms with Gasteiger partial charge in [-0.1, -0.05) is 0 Å². The van der Waals surface area contributed by atoms with Gasteiger partial charge in [0.1, 0.15) is 0 Å². The molecular weight excluding hydrogens is 252 g/mol. The quantitative estimate of drug-likeness (QED) is 0.770. The van der Waals surface area contributed by atoms with Crippen molar-refractivity contribution in [3.63, 3.8) is 0 Å². The van der Waals surface area contributed by atoms with Gasteiger partial charge < -0.3 is 11.1 Å². The van der Waals surface area contributed by atoms with Gasteiger partial charge in [0.05, 0.1) is 5.54 Å². The van der Waals surface area contributed by atoms with Crippen molar-refractivity contribution in [3.05, 3.63) is 0 Å². The zero-order valence-electron chi connectivity index (χ0n) is 12.6. The first-order valence-corrected chi connectivity index (χ1v) is 8.11. The lowest BCUT2D eigenvalue weighted by atomic mass is 9.77. The fraction of sp³-hybridized carbons (Fsp3) is 0.933. The summed E-state index contributed by atoms with van der Waals surface area (Å²) in [6.45, 7) is 4.70. The fourth-order valence-corrected chi connectivity index (χ4v) is 4.04. The van der Waals surface area contributed by atoms with Crippen LogP contribution in [-0.2, 0) is 4.79 Å². The van der Waals surface area contributed by atoms with E-state index >= 15 is 0 Å². The molecule has 0 spiro atoms. The Bertz CT molecular complexity index is 363. The summed E-state index contributed by atoms with van der Waals surface area (Å²) in [6, 6.07) is 1.40. The highest BCUT2D eigenvalue weighted by atomic mass is 16.1. The number of rotatable bonds is 4. The van der Waals surface area contributed by atoms with Crippen molar-refractivity contribution in [3.8, 4) is 0 Å². The van der Waals surface area contributed by atoms with E-state index in [0.29, 0.717) is 6.04 Å². The lowest BCUT2D eigenvalue weighted by Crippen LogP contribution is -2.61. The van der Waals surface area contributed by atoms with Gasteiger partial charge in [-0.25, -0.2) is 0 Å². The van der Waals surface area contributed by atoms with E-state index in [2.05, 4.69) is 15.1 Å². The van der Waals surface area contributed by atoms with Crippen LogP contribution < -0.4 is 11.1 Å². The molecule has 2 saturated carbocycles. The zero-order valence-corrected chi connectivity index (χ0v) is 12.6. The van der Waals surface area contributed by atoms with Crippen LogP contribution in [0.3, 0.4) is 0 Å². The summed E-state index contributed by atoms with van der Waals surface area (Å²) >= 11 is 0. The van der Waals surface area contributed by atoms with E-state index in [1.54, 1.807) is 0 Å². The topological polar surface area (TPSA) is 61.6 Å². The Morgan fingerprint density at radius 3 is 2.20 bits per heavy atom. The second-order valence-electron chi connectivity index (χ2n) is 6.75. The number of hydrogen-bond donors (Lipinski definition) is 2. The maximum absolute atomic E-state index is 11.8. The van der Waals surface area contributed by atoms with Crippen LogP contribution in [0.5, 0.6) is 0 Å². The Labute approximate surface area is 121 Å². The SMILES string of the molecule is CNC1(C(N)=O)CCCC(N2CCN(C3CC3)CC2)C1. The summed E-state index contributed by atoms with van der Waals surface area (Å²) in [5.41, 5.74) is 5.17. The highest BCUT2D eigenvalue weighted by molar-refractivity contribution is 5.84. The van der Waals surface area contributed by atoms with E-state index in [1.807, 2.05) is 7.05 Å². The number of carbonyl (C=O) groups excluding carboxylic acids is 1. The van der Waals surface area contributed by atoms with E-state index in [9.17, 15) is 4.79 Å². The second-order valence-corrected chi connectivity index (χ2v) is 6.75. The van der Waals surface area contributed by atoms with Gasteiger partial charge >= 0.3 is 0 Å². The molecule has 3 fully saturated rings. The van der Waals surface area contributed by atoms with Crippen LogP contribution >= 0.6 is 0 Å². The molecule has 0 aromatic heterocycles. The summed E-state index contributed by atoms with van der Waals surface area (Å²) < 4.78 is 0. The van der Waals surface area contributed by atoms with E-state index in [0.717, 1.165) is 38.4 Å². The van der Waals surface area contributed by atoms with Gasteiger partial charge in [-0.3, -0.25) is 14.6 Å². The van der Waals surface area contributed by atoms with Gasteiger partial charge in [-0.05, 0) is 45.6 Å². The summed E-state index contributed by atoms with van der Waals surface area (Å²) in [7, 11) is 1.87. The molecule has 0 aromatic rings. The molecule has 3 N–H and O–H groups in total. The van der Waals surface area contributed by atoms with Crippen LogP contribution in [-0.4, -0.2) is 66.6 Å². The van der Waals surface area contributed by atoms with Crippen LogP contribution in [0.4, 0.5) is 0 Å². The molecule has 114 valence electrons. The number of nitrogens with zero attached hydrogens (tertiary/aromatic N) is 2. The first-order valence-electron chi connectivity index (χ1n) is 8.11. The molecule has 3 rings (SSSR count). The Morgan fingerprint density at radius 1 is 1.10 bits per heavy atom. The zero-order chi connectivity index (χ0) is 14.2. The van der Waals surface area contributed by atoms with Crippen LogP contribution in [0.25, 0.3) is 0 Å².